The topological polar surface area (TPSA) is 40.6 Å². The lowest BCUT2D eigenvalue weighted by molar-refractivity contribution is 0.202. The van der Waals surface area contributed by atoms with Crippen molar-refractivity contribution in [2.75, 3.05) is 33.7 Å². The van der Waals surface area contributed by atoms with Crippen LogP contribution in [0.2, 0.25) is 0 Å². The van der Waals surface area contributed by atoms with Crippen molar-refractivity contribution >= 4 is 10.0 Å². The molecule has 0 aromatic heterocycles. The van der Waals surface area contributed by atoms with Crippen molar-refractivity contribution in [1.82, 2.24) is 9.21 Å². The highest BCUT2D eigenvalue weighted by atomic mass is 32.2. The van der Waals surface area contributed by atoms with E-state index in [1.54, 1.807) is 6.07 Å². The maximum Gasteiger partial charge on any atom is 0.245 e. The van der Waals surface area contributed by atoms with Gasteiger partial charge in [-0.2, -0.15) is 0 Å². The molecule has 0 bridgehead atoms. The molecule has 0 atom stereocenters. The molecule has 0 N–H and O–H groups in total. The highest BCUT2D eigenvalue weighted by Gasteiger charge is 2.27. The molecule has 1 saturated heterocycles. The first kappa shape index (κ1) is 15.4. The quantitative estimate of drug-likeness (QED) is 0.851. The van der Waals surface area contributed by atoms with Gasteiger partial charge in [-0.25, -0.2) is 17.1 Å². The van der Waals surface area contributed by atoms with Crippen LogP contribution in [0.1, 0.15) is 12.8 Å². The third-order valence-corrected chi connectivity index (χ3v) is 5.73. The second-order valence-corrected chi connectivity index (χ2v) is 7.48. The van der Waals surface area contributed by atoms with E-state index < -0.39 is 15.8 Å². The van der Waals surface area contributed by atoms with Crippen LogP contribution in [0.5, 0.6) is 0 Å². The summed E-state index contributed by atoms with van der Waals surface area (Å²) < 4.78 is 39.7. The molecule has 20 heavy (non-hydrogen) atoms. The van der Waals surface area contributed by atoms with Crippen molar-refractivity contribution in [1.29, 1.82) is 0 Å². The van der Waals surface area contributed by atoms with Crippen molar-refractivity contribution < 1.29 is 12.8 Å². The van der Waals surface area contributed by atoms with Crippen LogP contribution in [0.15, 0.2) is 29.2 Å². The highest BCUT2D eigenvalue weighted by Crippen LogP contribution is 2.22. The van der Waals surface area contributed by atoms with Crippen LogP contribution in [0.4, 0.5) is 4.39 Å². The number of hydrogen-bond acceptors (Lipinski definition) is 3. The summed E-state index contributed by atoms with van der Waals surface area (Å²) in [6.45, 7) is 2.42. The Kier molecular flexibility index (Phi) is 4.78. The maximum absolute atomic E-state index is 13.7. The zero-order valence-corrected chi connectivity index (χ0v) is 12.7. The van der Waals surface area contributed by atoms with Gasteiger partial charge in [-0.15, -0.1) is 0 Å². The molecule has 1 aliphatic rings. The summed E-state index contributed by atoms with van der Waals surface area (Å²) in [5, 5.41) is 0. The third kappa shape index (κ3) is 3.37. The van der Waals surface area contributed by atoms with Crippen molar-refractivity contribution in [2.45, 2.75) is 17.7 Å². The SMILES string of the molecule is CN1CCC(CN(C)S(=O)(=O)c2ccccc2F)CC1. The molecule has 1 fully saturated rings. The van der Waals surface area contributed by atoms with Gasteiger partial charge in [-0.3, -0.25) is 0 Å². The first-order valence-electron chi connectivity index (χ1n) is 6.80. The fraction of sp³-hybridized carbons (Fsp3) is 0.571. The number of rotatable bonds is 4. The molecule has 0 saturated carbocycles. The lowest BCUT2D eigenvalue weighted by Crippen LogP contribution is -2.38. The summed E-state index contributed by atoms with van der Waals surface area (Å²) in [4.78, 5) is 2.00. The van der Waals surface area contributed by atoms with Gasteiger partial charge in [0.15, 0.2) is 0 Å². The van der Waals surface area contributed by atoms with Crippen LogP contribution < -0.4 is 0 Å². The van der Waals surface area contributed by atoms with Gasteiger partial charge in [0.2, 0.25) is 10.0 Å². The monoisotopic (exact) mass is 300 g/mol. The lowest BCUT2D eigenvalue weighted by Gasteiger charge is -2.31. The molecule has 0 unspecified atom stereocenters. The molecule has 0 radical (unpaired) electrons. The second-order valence-electron chi connectivity index (χ2n) is 5.46. The summed E-state index contributed by atoms with van der Waals surface area (Å²) in [5.74, 6) is -0.347. The van der Waals surface area contributed by atoms with Crippen molar-refractivity contribution in [3.8, 4) is 0 Å². The van der Waals surface area contributed by atoms with E-state index in [4.69, 9.17) is 0 Å². The molecule has 2 rings (SSSR count). The molecule has 112 valence electrons. The Morgan fingerprint density at radius 1 is 1.30 bits per heavy atom. The number of hydrogen-bond donors (Lipinski definition) is 0. The molecule has 1 heterocycles. The third-order valence-electron chi connectivity index (χ3n) is 3.88. The van der Waals surface area contributed by atoms with Gasteiger partial charge in [0.1, 0.15) is 10.7 Å². The highest BCUT2D eigenvalue weighted by molar-refractivity contribution is 7.89. The van der Waals surface area contributed by atoms with E-state index in [1.165, 1.54) is 29.6 Å². The molecule has 0 amide bonds. The van der Waals surface area contributed by atoms with E-state index in [9.17, 15) is 12.8 Å². The average Bonchev–Trinajstić information content (AvgIpc) is 2.41. The minimum Gasteiger partial charge on any atom is -0.306 e. The smallest absolute Gasteiger partial charge is 0.245 e. The maximum atomic E-state index is 13.7. The standard InChI is InChI=1S/C14H21FN2O2S/c1-16-9-7-12(8-10-16)11-17(2)20(18,19)14-6-4-3-5-13(14)15/h3-6,12H,7-11H2,1-2H3. The Bertz CT molecular complexity index is 554. The zero-order valence-electron chi connectivity index (χ0n) is 11.9. The molecule has 0 spiro atoms. The van der Waals surface area contributed by atoms with Gasteiger partial charge in [-0.1, -0.05) is 12.1 Å². The zero-order chi connectivity index (χ0) is 14.8. The normalized spacial score (nSPS) is 18.6. The number of sulfonamides is 1. The molecule has 4 nitrogen and oxygen atoms in total. The van der Waals surface area contributed by atoms with Crippen LogP contribution in [-0.2, 0) is 10.0 Å². The molecule has 1 aromatic carbocycles. The van der Waals surface area contributed by atoms with Gasteiger partial charge in [0, 0.05) is 13.6 Å². The van der Waals surface area contributed by atoms with Gasteiger partial charge in [0.25, 0.3) is 0 Å². The summed E-state index contributed by atoms with van der Waals surface area (Å²) >= 11 is 0. The van der Waals surface area contributed by atoms with Crippen molar-refractivity contribution in [2.24, 2.45) is 5.92 Å². The molecule has 1 aliphatic heterocycles. The molecule has 1 aromatic rings. The first-order chi connectivity index (χ1) is 9.41. The number of likely N-dealkylation sites (tertiary alicyclic amines) is 1. The van der Waals surface area contributed by atoms with Crippen LogP contribution in [-0.4, -0.2) is 51.4 Å². The Morgan fingerprint density at radius 2 is 1.90 bits per heavy atom. The second kappa shape index (κ2) is 6.20. The summed E-state index contributed by atoms with van der Waals surface area (Å²) in [5.41, 5.74) is 0. The average molecular weight is 300 g/mol. The number of piperidine rings is 1. The number of benzene rings is 1. The van der Waals surface area contributed by atoms with E-state index in [1.807, 2.05) is 0 Å². The van der Waals surface area contributed by atoms with E-state index >= 15 is 0 Å². The summed E-state index contributed by atoms with van der Waals surface area (Å²) in [6, 6.07) is 5.52. The molecule has 6 heteroatoms. The van der Waals surface area contributed by atoms with Gasteiger partial charge in [0.05, 0.1) is 0 Å². The summed E-state index contributed by atoms with van der Waals surface area (Å²) in [7, 11) is -0.144. The Balaban J connectivity index is 2.08. The van der Waals surface area contributed by atoms with Crippen molar-refractivity contribution in [3.05, 3.63) is 30.1 Å². The Hall–Kier alpha value is -0.980. The van der Waals surface area contributed by atoms with E-state index in [2.05, 4.69) is 11.9 Å². The molecular weight excluding hydrogens is 279 g/mol. The van der Waals surface area contributed by atoms with Gasteiger partial charge < -0.3 is 4.90 Å². The van der Waals surface area contributed by atoms with Crippen LogP contribution in [0, 0.1) is 11.7 Å². The van der Waals surface area contributed by atoms with Crippen LogP contribution in [0.3, 0.4) is 0 Å². The first-order valence-corrected chi connectivity index (χ1v) is 8.24. The number of halogens is 1. The number of nitrogens with zero attached hydrogens (tertiary/aromatic N) is 2. The summed E-state index contributed by atoms with van der Waals surface area (Å²) in [6.07, 6.45) is 1.96. The van der Waals surface area contributed by atoms with Gasteiger partial charge in [-0.05, 0) is 51.0 Å². The van der Waals surface area contributed by atoms with Crippen LogP contribution in [0.25, 0.3) is 0 Å². The fourth-order valence-corrected chi connectivity index (χ4v) is 3.84. The van der Waals surface area contributed by atoms with E-state index in [-0.39, 0.29) is 4.90 Å². The Labute approximate surface area is 120 Å². The minimum absolute atomic E-state index is 0.240. The Morgan fingerprint density at radius 3 is 2.50 bits per heavy atom. The molecule has 0 aliphatic carbocycles. The minimum atomic E-state index is -3.74. The lowest BCUT2D eigenvalue weighted by atomic mass is 9.97. The molecular formula is C14H21FN2O2S. The van der Waals surface area contributed by atoms with Crippen molar-refractivity contribution in [3.63, 3.8) is 0 Å². The predicted molar refractivity (Wildman–Crippen MR) is 76.4 cm³/mol. The fourth-order valence-electron chi connectivity index (χ4n) is 2.53. The van der Waals surface area contributed by atoms with E-state index in [0.29, 0.717) is 12.5 Å². The largest absolute Gasteiger partial charge is 0.306 e. The van der Waals surface area contributed by atoms with Crippen LogP contribution >= 0.6 is 0 Å². The predicted octanol–water partition coefficient (Wildman–Crippen LogP) is 1.79. The van der Waals surface area contributed by atoms with Gasteiger partial charge >= 0.3 is 0 Å². The van der Waals surface area contributed by atoms with E-state index in [0.717, 1.165) is 25.9 Å².